The molecule has 484 valence electrons. The van der Waals surface area contributed by atoms with Gasteiger partial charge in [0.15, 0.2) is 0 Å². The molecular formula is C76H145NO5. The zero-order valence-electron chi connectivity index (χ0n) is 55.5. The summed E-state index contributed by atoms with van der Waals surface area (Å²) in [5, 5.41) is 23.4. The van der Waals surface area contributed by atoms with Crippen molar-refractivity contribution in [3.63, 3.8) is 0 Å². The summed E-state index contributed by atoms with van der Waals surface area (Å²) in [5.41, 5.74) is 0. The minimum absolute atomic E-state index is 0.00753. The van der Waals surface area contributed by atoms with Gasteiger partial charge in [0.25, 0.3) is 0 Å². The van der Waals surface area contributed by atoms with Gasteiger partial charge in [-0.2, -0.15) is 0 Å². The fourth-order valence-corrected chi connectivity index (χ4v) is 11.7. The Bertz CT molecular complexity index is 1330. The SMILES string of the molecule is CCCCCCCC/C=C\CCCCCCCCCCCC(=O)OCCCCCCCCCCC/C=C\C/C=C\CCCCCCCCCC(=O)NC(CO)C(O)CCCCCCCCCCCCCCCCCCCCCCCCC. The van der Waals surface area contributed by atoms with E-state index in [9.17, 15) is 19.8 Å². The Morgan fingerprint density at radius 1 is 0.341 bits per heavy atom. The van der Waals surface area contributed by atoms with E-state index in [2.05, 4.69) is 55.6 Å². The highest BCUT2D eigenvalue weighted by atomic mass is 16.5. The maximum Gasteiger partial charge on any atom is 0.305 e. The molecule has 0 heterocycles. The van der Waals surface area contributed by atoms with Crippen LogP contribution in [0.1, 0.15) is 412 Å². The molecule has 0 aliphatic carbocycles. The number of amides is 1. The second-order valence-corrected chi connectivity index (χ2v) is 25.6. The van der Waals surface area contributed by atoms with E-state index in [0.717, 1.165) is 57.8 Å². The minimum atomic E-state index is -0.673. The molecule has 2 unspecified atom stereocenters. The lowest BCUT2D eigenvalue weighted by atomic mass is 10.0. The van der Waals surface area contributed by atoms with Crippen molar-refractivity contribution < 1.29 is 24.5 Å². The van der Waals surface area contributed by atoms with E-state index in [0.29, 0.717) is 25.9 Å². The number of aliphatic hydroxyl groups is 2. The zero-order valence-corrected chi connectivity index (χ0v) is 55.5. The fourth-order valence-electron chi connectivity index (χ4n) is 11.7. The van der Waals surface area contributed by atoms with Gasteiger partial charge in [-0.1, -0.05) is 352 Å². The fraction of sp³-hybridized carbons (Fsp3) is 0.895. The molecule has 1 amide bonds. The summed E-state index contributed by atoms with van der Waals surface area (Å²) >= 11 is 0. The first kappa shape index (κ1) is 80.1. The van der Waals surface area contributed by atoms with Crippen LogP contribution in [0, 0.1) is 0 Å². The van der Waals surface area contributed by atoms with Crippen molar-refractivity contribution in [2.45, 2.75) is 424 Å². The number of carbonyl (C=O) groups excluding carboxylic acids is 2. The molecule has 0 aliphatic rings. The van der Waals surface area contributed by atoms with Gasteiger partial charge in [-0.25, -0.2) is 0 Å². The number of hydrogen-bond donors (Lipinski definition) is 3. The number of carbonyl (C=O) groups is 2. The summed E-state index contributed by atoms with van der Waals surface area (Å²) < 4.78 is 5.50. The highest BCUT2D eigenvalue weighted by Crippen LogP contribution is 2.19. The van der Waals surface area contributed by atoms with Gasteiger partial charge < -0.3 is 20.3 Å². The maximum absolute atomic E-state index is 12.6. The molecule has 0 radical (unpaired) electrons. The second kappa shape index (κ2) is 71.6. The Balaban J connectivity index is 3.43. The highest BCUT2D eigenvalue weighted by Gasteiger charge is 2.20. The van der Waals surface area contributed by atoms with E-state index in [1.54, 1.807) is 0 Å². The second-order valence-electron chi connectivity index (χ2n) is 25.6. The Morgan fingerprint density at radius 2 is 0.610 bits per heavy atom. The third-order valence-electron chi connectivity index (χ3n) is 17.4. The lowest BCUT2D eigenvalue weighted by Crippen LogP contribution is -2.45. The maximum atomic E-state index is 12.6. The molecule has 0 spiro atoms. The highest BCUT2D eigenvalue weighted by molar-refractivity contribution is 5.76. The molecule has 0 fully saturated rings. The van der Waals surface area contributed by atoms with Crippen molar-refractivity contribution in [2.24, 2.45) is 0 Å². The molecule has 82 heavy (non-hydrogen) atoms. The summed E-state index contributed by atoms with van der Waals surface area (Å²) in [4.78, 5) is 24.7. The predicted octanol–water partition coefficient (Wildman–Crippen LogP) is 24.3. The molecule has 0 saturated heterocycles. The molecule has 6 heteroatoms. The van der Waals surface area contributed by atoms with E-state index in [1.807, 2.05) is 0 Å². The topological polar surface area (TPSA) is 95.9 Å². The molecule has 0 bridgehead atoms. The van der Waals surface area contributed by atoms with Gasteiger partial charge >= 0.3 is 5.97 Å². The number of ether oxygens (including phenoxy) is 1. The van der Waals surface area contributed by atoms with Gasteiger partial charge in [0, 0.05) is 12.8 Å². The predicted molar refractivity (Wildman–Crippen MR) is 361 cm³/mol. The number of allylic oxidation sites excluding steroid dienone is 6. The van der Waals surface area contributed by atoms with Gasteiger partial charge in [-0.3, -0.25) is 9.59 Å². The van der Waals surface area contributed by atoms with Gasteiger partial charge in [0.1, 0.15) is 0 Å². The first-order chi connectivity index (χ1) is 40.5. The quantitative estimate of drug-likeness (QED) is 0.0320. The number of hydrogen-bond acceptors (Lipinski definition) is 5. The van der Waals surface area contributed by atoms with Crippen LogP contribution in [0.4, 0.5) is 0 Å². The van der Waals surface area contributed by atoms with Crippen LogP contribution in [-0.4, -0.2) is 47.4 Å². The van der Waals surface area contributed by atoms with E-state index < -0.39 is 12.1 Å². The molecule has 0 aromatic heterocycles. The van der Waals surface area contributed by atoms with Crippen LogP contribution >= 0.6 is 0 Å². The molecule has 0 aromatic carbocycles. The molecule has 6 nitrogen and oxygen atoms in total. The zero-order chi connectivity index (χ0) is 59.2. The molecule has 3 N–H and O–H groups in total. The van der Waals surface area contributed by atoms with Crippen molar-refractivity contribution in [1.82, 2.24) is 5.32 Å². The Hall–Kier alpha value is -1.92. The molecule has 0 aromatic rings. The normalized spacial score (nSPS) is 12.7. The third-order valence-corrected chi connectivity index (χ3v) is 17.4. The third kappa shape index (κ3) is 67.2. The summed E-state index contributed by atoms with van der Waals surface area (Å²) in [5.74, 6) is -0.0336. The van der Waals surface area contributed by atoms with E-state index in [4.69, 9.17) is 4.74 Å². The first-order valence-electron chi connectivity index (χ1n) is 37.2. The van der Waals surface area contributed by atoms with Crippen LogP contribution in [0.2, 0.25) is 0 Å². The van der Waals surface area contributed by atoms with Crippen molar-refractivity contribution in [1.29, 1.82) is 0 Å². The smallest absolute Gasteiger partial charge is 0.305 e. The van der Waals surface area contributed by atoms with E-state index >= 15 is 0 Å². The summed E-state index contributed by atoms with van der Waals surface area (Å²) in [6.07, 6.45) is 92.0. The van der Waals surface area contributed by atoms with Gasteiger partial charge in [-0.05, 0) is 83.5 Å². The average Bonchev–Trinajstić information content (AvgIpc) is 3.48. The Kier molecular flexibility index (Phi) is 69.9. The van der Waals surface area contributed by atoms with Crippen molar-refractivity contribution in [3.05, 3.63) is 36.5 Å². The van der Waals surface area contributed by atoms with Gasteiger partial charge in [0.05, 0.1) is 25.4 Å². The number of aliphatic hydroxyl groups excluding tert-OH is 2. The van der Waals surface area contributed by atoms with Crippen LogP contribution in [0.15, 0.2) is 36.5 Å². The molecule has 0 saturated carbocycles. The van der Waals surface area contributed by atoms with Crippen LogP contribution in [-0.2, 0) is 14.3 Å². The first-order valence-corrected chi connectivity index (χ1v) is 37.2. The number of nitrogens with one attached hydrogen (secondary N) is 1. The molecular weight excluding hydrogens is 1010 g/mol. The van der Waals surface area contributed by atoms with Crippen LogP contribution in [0.5, 0.6) is 0 Å². The van der Waals surface area contributed by atoms with Crippen LogP contribution < -0.4 is 5.32 Å². The minimum Gasteiger partial charge on any atom is -0.466 e. The Morgan fingerprint density at radius 3 is 0.939 bits per heavy atom. The van der Waals surface area contributed by atoms with Gasteiger partial charge in [0.2, 0.25) is 5.91 Å². The van der Waals surface area contributed by atoms with Crippen LogP contribution in [0.25, 0.3) is 0 Å². The standard InChI is InChI=1S/C76H145NO5/c1-3-5-7-9-11-13-15-17-19-21-23-24-26-29-33-36-40-44-48-52-56-60-64-68-74(79)73(72-78)77-75(80)69-65-61-57-53-49-45-41-37-34-30-27-25-28-31-35-39-43-47-51-55-59-63-67-71-82-76(81)70-66-62-58-54-50-46-42-38-32-22-20-18-16-14-12-10-8-6-4-2/h18,20,25,28,30,34,73-74,78-79H,3-17,19,21-24,26-27,29,31-33,35-72H2,1-2H3,(H,77,80)/b20-18-,28-25-,34-30-. The lowest BCUT2D eigenvalue weighted by Gasteiger charge is -2.22. The molecule has 0 aliphatic heterocycles. The average molecular weight is 1150 g/mol. The van der Waals surface area contributed by atoms with E-state index in [1.165, 1.54) is 321 Å². The van der Waals surface area contributed by atoms with Gasteiger partial charge in [-0.15, -0.1) is 0 Å². The Labute approximate surface area is 513 Å². The molecule has 2 atom stereocenters. The summed E-state index contributed by atoms with van der Waals surface area (Å²) in [6, 6.07) is -0.551. The molecule has 0 rings (SSSR count). The van der Waals surface area contributed by atoms with E-state index in [-0.39, 0.29) is 18.5 Å². The largest absolute Gasteiger partial charge is 0.466 e. The lowest BCUT2D eigenvalue weighted by molar-refractivity contribution is -0.143. The van der Waals surface area contributed by atoms with Crippen molar-refractivity contribution >= 4 is 11.9 Å². The number of unbranched alkanes of at least 4 members (excludes halogenated alkanes) is 53. The van der Waals surface area contributed by atoms with Crippen molar-refractivity contribution in [2.75, 3.05) is 13.2 Å². The number of esters is 1. The summed E-state index contributed by atoms with van der Waals surface area (Å²) in [6.45, 7) is 4.98. The monoisotopic (exact) mass is 1150 g/mol. The van der Waals surface area contributed by atoms with Crippen LogP contribution in [0.3, 0.4) is 0 Å². The summed E-state index contributed by atoms with van der Waals surface area (Å²) in [7, 11) is 0. The number of rotatable bonds is 70. The van der Waals surface area contributed by atoms with Crippen molar-refractivity contribution in [3.8, 4) is 0 Å².